The minimum atomic E-state index is -0.416. The van der Waals surface area contributed by atoms with Crippen molar-refractivity contribution in [2.75, 3.05) is 32.2 Å². The third kappa shape index (κ3) is 6.66. The van der Waals surface area contributed by atoms with Gasteiger partial charge in [0.1, 0.15) is 5.75 Å². The lowest BCUT2D eigenvalue weighted by atomic mass is 9.95. The standard InChI is InChI=1S/C31H34N2O4/c1-22-19-27(12-13-29(22)36-2)25-10-7-24(8-11-25)21-33(31(35)26-15-17-32-18-16-26)28-6-4-5-23(20-28)9-14-30(34)37-3/h4-14,19-20,26,32H,15-18,21H2,1-3H3/b14-9+. The summed E-state index contributed by atoms with van der Waals surface area (Å²) in [5, 5.41) is 3.34. The second kappa shape index (κ2) is 12.4. The number of aryl methyl sites for hydroxylation is 1. The number of piperidine rings is 1. The molecule has 0 radical (unpaired) electrons. The molecule has 1 aliphatic rings. The van der Waals surface area contributed by atoms with E-state index in [1.54, 1.807) is 13.2 Å². The molecule has 0 saturated carbocycles. The summed E-state index contributed by atoms with van der Waals surface area (Å²) in [7, 11) is 3.03. The van der Waals surface area contributed by atoms with E-state index in [9.17, 15) is 9.59 Å². The highest BCUT2D eigenvalue weighted by molar-refractivity contribution is 5.95. The van der Waals surface area contributed by atoms with Gasteiger partial charge < -0.3 is 19.7 Å². The minimum Gasteiger partial charge on any atom is -0.496 e. The molecule has 4 rings (SSSR count). The van der Waals surface area contributed by atoms with Crippen molar-refractivity contribution in [2.24, 2.45) is 5.92 Å². The van der Waals surface area contributed by atoms with Crippen molar-refractivity contribution in [3.8, 4) is 16.9 Å². The molecule has 0 spiro atoms. The van der Waals surface area contributed by atoms with Crippen LogP contribution in [-0.2, 0) is 20.9 Å². The van der Waals surface area contributed by atoms with E-state index in [4.69, 9.17) is 9.47 Å². The minimum absolute atomic E-state index is 0.0166. The highest BCUT2D eigenvalue weighted by atomic mass is 16.5. The third-order valence-electron chi connectivity index (χ3n) is 6.77. The zero-order chi connectivity index (χ0) is 26.2. The lowest BCUT2D eigenvalue weighted by Gasteiger charge is -2.30. The van der Waals surface area contributed by atoms with Crippen LogP contribution in [0.15, 0.2) is 72.8 Å². The van der Waals surface area contributed by atoms with Gasteiger partial charge in [-0.25, -0.2) is 4.79 Å². The van der Waals surface area contributed by atoms with Crippen molar-refractivity contribution in [1.29, 1.82) is 0 Å². The number of hydrogen-bond donors (Lipinski definition) is 1. The molecule has 1 amide bonds. The van der Waals surface area contributed by atoms with Crippen LogP contribution in [0.1, 0.15) is 29.5 Å². The Bertz CT molecular complexity index is 1260. The number of carbonyl (C=O) groups is 2. The molecular formula is C31H34N2O4. The van der Waals surface area contributed by atoms with Gasteiger partial charge in [0.05, 0.1) is 20.8 Å². The van der Waals surface area contributed by atoms with E-state index in [2.05, 4.69) is 41.7 Å². The first-order valence-electron chi connectivity index (χ1n) is 12.6. The van der Waals surface area contributed by atoms with E-state index in [-0.39, 0.29) is 11.8 Å². The predicted molar refractivity (Wildman–Crippen MR) is 147 cm³/mol. The van der Waals surface area contributed by atoms with Crippen LogP contribution in [0.5, 0.6) is 5.75 Å². The van der Waals surface area contributed by atoms with Crippen molar-refractivity contribution in [1.82, 2.24) is 5.32 Å². The maximum Gasteiger partial charge on any atom is 0.330 e. The van der Waals surface area contributed by atoms with Crippen molar-refractivity contribution in [3.05, 3.63) is 89.5 Å². The van der Waals surface area contributed by atoms with Crippen LogP contribution in [0.2, 0.25) is 0 Å². The van der Waals surface area contributed by atoms with Gasteiger partial charge in [-0.15, -0.1) is 0 Å². The summed E-state index contributed by atoms with van der Waals surface area (Å²) in [6.45, 7) is 4.20. The Hall–Kier alpha value is -3.90. The molecule has 3 aromatic rings. The maximum atomic E-state index is 13.7. The smallest absolute Gasteiger partial charge is 0.330 e. The highest BCUT2D eigenvalue weighted by Crippen LogP contribution is 2.28. The second-order valence-electron chi connectivity index (χ2n) is 9.28. The van der Waals surface area contributed by atoms with Gasteiger partial charge >= 0.3 is 5.97 Å². The summed E-state index contributed by atoms with van der Waals surface area (Å²) in [5.74, 6) is 0.568. The molecule has 0 aromatic heterocycles. The summed E-state index contributed by atoms with van der Waals surface area (Å²) in [6, 6.07) is 22.2. The number of amides is 1. The molecule has 1 heterocycles. The SMILES string of the molecule is COC(=O)/C=C/c1cccc(N(Cc2ccc(-c3ccc(OC)c(C)c3)cc2)C(=O)C2CCNCC2)c1. The van der Waals surface area contributed by atoms with Gasteiger partial charge in [-0.3, -0.25) is 4.79 Å². The topological polar surface area (TPSA) is 67.9 Å². The van der Waals surface area contributed by atoms with Gasteiger partial charge in [0.15, 0.2) is 0 Å². The fourth-order valence-electron chi connectivity index (χ4n) is 4.66. The number of anilines is 1. The number of nitrogens with one attached hydrogen (secondary N) is 1. The van der Waals surface area contributed by atoms with Crippen molar-refractivity contribution >= 4 is 23.6 Å². The average molecular weight is 499 g/mol. The first-order valence-corrected chi connectivity index (χ1v) is 12.6. The van der Waals surface area contributed by atoms with Crippen LogP contribution >= 0.6 is 0 Å². The summed E-state index contributed by atoms with van der Waals surface area (Å²) < 4.78 is 10.1. The molecule has 0 unspecified atom stereocenters. The Kier molecular flexibility index (Phi) is 8.75. The Morgan fingerprint density at radius 1 is 0.973 bits per heavy atom. The summed E-state index contributed by atoms with van der Waals surface area (Å²) >= 11 is 0. The predicted octanol–water partition coefficient (Wildman–Crippen LogP) is 5.39. The molecular weight excluding hydrogens is 464 g/mol. The second-order valence-corrected chi connectivity index (χ2v) is 9.28. The van der Waals surface area contributed by atoms with E-state index in [0.717, 1.165) is 65.2 Å². The number of carbonyl (C=O) groups excluding carboxylic acids is 2. The molecule has 37 heavy (non-hydrogen) atoms. The van der Waals surface area contributed by atoms with Gasteiger partial charge in [0.2, 0.25) is 5.91 Å². The summed E-state index contributed by atoms with van der Waals surface area (Å²) in [4.78, 5) is 27.1. The van der Waals surface area contributed by atoms with Gasteiger partial charge in [0, 0.05) is 17.7 Å². The summed E-state index contributed by atoms with van der Waals surface area (Å²) in [5.41, 5.74) is 6.01. The largest absolute Gasteiger partial charge is 0.496 e. The van der Waals surface area contributed by atoms with Crippen molar-refractivity contribution in [3.63, 3.8) is 0 Å². The molecule has 0 atom stereocenters. The number of hydrogen-bond acceptors (Lipinski definition) is 5. The van der Waals surface area contributed by atoms with Gasteiger partial charge in [-0.1, -0.05) is 42.5 Å². The molecule has 0 aliphatic carbocycles. The number of rotatable bonds is 8. The Morgan fingerprint density at radius 3 is 2.38 bits per heavy atom. The third-order valence-corrected chi connectivity index (χ3v) is 6.77. The number of methoxy groups -OCH3 is 2. The van der Waals surface area contributed by atoms with E-state index in [1.807, 2.05) is 42.2 Å². The monoisotopic (exact) mass is 498 g/mol. The van der Waals surface area contributed by atoms with Crippen LogP contribution in [0.4, 0.5) is 5.69 Å². The average Bonchev–Trinajstić information content (AvgIpc) is 2.95. The highest BCUT2D eigenvalue weighted by Gasteiger charge is 2.27. The Labute approximate surface area is 218 Å². The van der Waals surface area contributed by atoms with Crippen LogP contribution in [0.3, 0.4) is 0 Å². The zero-order valence-electron chi connectivity index (χ0n) is 21.7. The molecule has 6 heteroatoms. The number of nitrogens with zero attached hydrogens (tertiary/aromatic N) is 1. The maximum absolute atomic E-state index is 13.7. The normalized spacial score (nSPS) is 13.9. The number of esters is 1. The molecule has 3 aromatic carbocycles. The van der Waals surface area contributed by atoms with Gasteiger partial charge in [-0.05, 0) is 91.0 Å². The van der Waals surface area contributed by atoms with Crippen LogP contribution < -0.4 is 15.0 Å². The number of benzene rings is 3. The fourth-order valence-corrected chi connectivity index (χ4v) is 4.66. The molecule has 1 aliphatic heterocycles. The molecule has 192 valence electrons. The molecule has 1 saturated heterocycles. The summed E-state index contributed by atoms with van der Waals surface area (Å²) in [6.07, 6.45) is 4.74. The fraction of sp³-hybridized carbons (Fsp3) is 0.290. The first-order chi connectivity index (χ1) is 18.0. The van der Waals surface area contributed by atoms with E-state index in [1.165, 1.54) is 13.2 Å². The van der Waals surface area contributed by atoms with Crippen molar-refractivity contribution in [2.45, 2.75) is 26.3 Å². The lowest BCUT2D eigenvalue weighted by molar-refractivity contribution is -0.134. The molecule has 0 bridgehead atoms. The van der Waals surface area contributed by atoms with Crippen LogP contribution in [-0.4, -0.2) is 39.2 Å². The number of ether oxygens (including phenoxy) is 2. The van der Waals surface area contributed by atoms with Crippen LogP contribution in [0, 0.1) is 12.8 Å². The van der Waals surface area contributed by atoms with E-state index < -0.39 is 5.97 Å². The first kappa shape index (κ1) is 26.2. The lowest BCUT2D eigenvalue weighted by Crippen LogP contribution is -2.41. The van der Waals surface area contributed by atoms with E-state index in [0.29, 0.717) is 6.54 Å². The Balaban J connectivity index is 1.60. The van der Waals surface area contributed by atoms with Gasteiger partial charge in [0.25, 0.3) is 0 Å². The molecule has 1 N–H and O–H groups in total. The van der Waals surface area contributed by atoms with Gasteiger partial charge in [-0.2, -0.15) is 0 Å². The van der Waals surface area contributed by atoms with Crippen molar-refractivity contribution < 1.29 is 19.1 Å². The molecule has 6 nitrogen and oxygen atoms in total. The zero-order valence-corrected chi connectivity index (χ0v) is 21.7. The molecule has 1 fully saturated rings. The quantitative estimate of drug-likeness (QED) is 0.333. The van der Waals surface area contributed by atoms with Crippen LogP contribution in [0.25, 0.3) is 17.2 Å². The van der Waals surface area contributed by atoms with E-state index >= 15 is 0 Å². The Morgan fingerprint density at radius 2 is 1.70 bits per heavy atom.